The molecule has 0 rings (SSSR count). The van der Waals surface area contributed by atoms with Gasteiger partial charge in [-0.3, -0.25) is 8.42 Å². The maximum Gasteiger partial charge on any atom is 0.0858 e. The normalized spacial score (nSPS) is 9.71. The molecule has 0 saturated heterocycles. The highest BCUT2D eigenvalue weighted by Gasteiger charge is 1.57. The van der Waals surface area contributed by atoms with Crippen molar-refractivity contribution in [2.45, 2.75) is 13.8 Å². The molecule has 0 bridgehead atoms. The molecule has 0 aromatic heterocycles. The van der Waals surface area contributed by atoms with E-state index in [0.717, 1.165) is 0 Å². The highest BCUT2D eigenvalue weighted by Crippen LogP contribution is 1.76. The van der Waals surface area contributed by atoms with E-state index in [1.807, 2.05) is 26.0 Å². The minimum absolute atomic E-state index is 0. The summed E-state index contributed by atoms with van der Waals surface area (Å²) >= 11 is 0. The van der Waals surface area contributed by atoms with E-state index in [4.69, 9.17) is 22.3 Å². The van der Waals surface area contributed by atoms with Gasteiger partial charge in [0.05, 0.1) is 12.5 Å². The van der Waals surface area contributed by atoms with Crippen LogP contribution in [0, 0.1) is 0 Å². The van der Waals surface area contributed by atoms with Crippen LogP contribution in [0.25, 0.3) is 0 Å². The maximum atomic E-state index is 8.52. The van der Waals surface area contributed by atoms with Gasteiger partial charge in [-0.2, -0.15) is 0 Å². The lowest BCUT2D eigenvalue weighted by Crippen LogP contribution is -1.91. The molecule has 0 atom stereocenters. The molecule has 0 saturated carbocycles. The van der Waals surface area contributed by atoms with Crippen LogP contribution in [0.4, 0.5) is 0 Å². The first kappa shape index (κ1) is 23.1. The molecular formula is C6H18N2O5S. The smallest absolute Gasteiger partial charge is 0.0858 e. The quantitative estimate of drug-likeness (QED) is 0.416. The zero-order chi connectivity index (χ0) is 10.0. The van der Waals surface area contributed by atoms with E-state index in [0.29, 0.717) is 0 Å². The lowest BCUT2D eigenvalue weighted by molar-refractivity contribution is 0.352. The van der Waals surface area contributed by atoms with E-state index in [-0.39, 0.29) is 12.3 Å². The zero-order valence-corrected chi connectivity index (χ0v) is 9.58. The Morgan fingerprint density at radius 2 is 1.21 bits per heavy atom. The second-order valence-electron chi connectivity index (χ2n) is 1.48. The first-order valence-corrected chi connectivity index (χ1v) is 4.29. The zero-order valence-electron chi connectivity index (χ0n) is 8.76. The standard InChI is InChI=1S/C6H10O.2H3N.H2O4S/c1-3-5-7-6-4-2;;;1-5(2,3)4/h3-6H,1-2H3;2*1H3;(H2,1,2,3,4). The van der Waals surface area contributed by atoms with Crippen molar-refractivity contribution < 1.29 is 22.3 Å². The van der Waals surface area contributed by atoms with Gasteiger partial charge in [0.2, 0.25) is 0 Å². The molecular weight excluding hydrogens is 212 g/mol. The third-order valence-electron chi connectivity index (χ3n) is 0.429. The fraction of sp³-hybridized carbons (Fsp3) is 0.333. The number of rotatable bonds is 2. The van der Waals surface area contributed by atoms with Crippen molar-refractivity contribution in [2.24, 2.45) is 0 Å². The molecule has 0 aliphatic carbocycles. The predicted molar refractivity (Wildman–Crippen MR) is 53.2 cm³/mol. The van der Waals surface area contributed by atoms with Crippen molar-refractivity contribution in [3.05, 3.63) is 24.7 Å². The number of hydrogen-bond donors (Lipinski definition) is 2. The molecule has 8 heteroatoms. The van der Waals surface area contributed by atoms with Crippen LogP contribution in [0.3, 0.4) is 0 Å². The van der Waals surface area contributed by atoms with Crippen LogP contribution in [-0.4, -0.2) is 17.5 Å². The number of quaternary nitrogens is 2. The molecule has 0 aromatic rings. The fourth-order valence-corrected chi connectivity index (χ4v) is 0.202. The average molecular weight is 230 g/mol. The van der Waals surface area contributed by atoms with E-state index in [2.05, 4.69) is 0 Å². The van der Waals surface area contributed by atoms with Crippen LogP contribution in [0.1, 0.15) is 13.8 Å². The summed E-state index contributed by atoms with van der Waals surface area (Å²) in [7, 11) is -5.17. The first-order chi connectivity index (χ1) is 5.41. The Morgan fingerprint density at radius 3 is 1.36 bits per heavy atom. The van der Waals surface area contributed by atoms with Crippen molar-refractivity contribution in [1.82, 2.24) is 12.3 Å². The summed E-state index contributed by atoms with van der Waals surface area (Å²) in [4.78, 5) is 0. The third kappa shape index (κ3) is 119. The highest BCUT2D eigenvalue weighted by molar-refractivity contribution is 7.79. The minimum atomic E-state index is -5.17. The van der Waals surface area contributed by atoms with Gasteiger partial charge in [-0.1, -0.05) is 12.2 Å². The Labute approximate surface area is 84.2 Å². The van der Waals surface area contributed by atoms with Gasteiger partial charge in [0.15, 0.2) is 0 Å². The third-order valence-corrected chi connectivity index (χ3v) is 0.429. The van der Waals surface area contributed by atoms with Crippen LogP contribution in [-0.2, 0) is 15.1 Å². The maximum absolute atomic E-state index is 8.52. The van der Waals surface area contributed by atoms with E-state index in [9.17, 15) is 0 Å². The molecule has 14 heavy (non-hydrogen) atoms. The molecule has 0 spiro atoms. The predicted octanol–water partition coefficient (Wildman–Crippen LogP) is 1.48. The van der Waals surface area contributed by atoms with Crippen LogP contribution < -0.4 is 12.3 Å². The molecule has 0 fully saturated rings. The molecule has 0 unspecified atom stereocenters. The number of hydrogen-bond acceptors (Lipinski definition) is 5. The van der Waals surface area contributed by atoms with Gasteiger partial charge in [0.1, 0.15) is 0 Å². The molecule has 0 aliphatic heterocycles. The van der Waals surface area contributed by atoms with E-state index < -0.39 is 10.4 Å². The number of ether oxygens (including phenoxy) is 1. The lowest BCUT2D eigenvalue weighted by Gasteiger charge is -2.06. The largest absolute Gasteiger partial charge is 0.759 e. The van der Waals surface area contributed by atoms with E-state index in [1.165, 1.54) is 0 Å². The van der Waals surface area contributed by atoms with Gasteiger partial charge in [0.25, 0.3) is 0 Å². The molecule has 0 heterocycles. The molecule has 0 aliphatic rings. The summed E-state index contributed by atoms with van der Waals surface area (Å²) in [5.74, 6) is 0. The summed E-state index contributed by atoms with van der Waals surface area (Å²) in [6.07, 6.45) is 6.92. The van der Waals surface area contributed by atoms with Crippen LogP contribution in [0.15, 0.2) is 24.7 Å². The van der Waals surface area contributed by atoms with Gasteiger partial charge >= 0.3 is 0 Å². The van der Waals surface area contributed by atoms with Crippen molar-refractivity contribution in [1.29, 1.82) is 0 Å². The van der Waals surface area contributed by atoms with E-state index in [1.54, 1.807) is 12.5 Å². The fourth-order valence-electron chi connectivity index (χ4n) is 0.202. The molecule has 0 amide bonds. The summed E-state index contributed by atoms with van der Waals surface area (Å²) in [5, 5.41) is 0. The minimum Gasteiger partial charge on any atom is -0.759 e. The van der Waals surface area contributed by atoms with Gasteiger partial charge in [-0.25, -0.2) is 0 Å². The molecule has 0 aromatic carbocycles. The van der Waals surface area contributed by atoms with Gasteiger partial charge in [0, 0.05) is 10.4 Å². The Bertz CT molecular complexity index is 217. The Balaban J connectivity index is -0.0000000651. The Morgan fingerprint density at radius 1 is 1.00 bits per heavy atom. The first-order valence-electron chi connectivity index (χ1n) is 2.96. The average Bonchev–Trinajstić information content (AvgIpc) is 1.85. The van der Waals surface area contributed by atoms with E-state index >= 15 is 0 Å². The topological polar surface area (TPSA) is 162 Å². The van der Waals surface area contributed by atoms with Gasteiger partial charge < -0.3 is 26.1 Å². The van der Waals surface area contributed by atoms with Crippen LogP contribution >= 0.6 is 0 Å². The monoisotopic (exact) mass is 230 g/mol. The second kappa shape index (κ2) is 14.6. The van der Waals surface area contributed by atoms with Crippen molar-refractivity contribution >= 4 is 10.4 Å². The second-order valence-corrected chi connectivity index (χ2v) is 2.30. The van der Waals surface area contributed by atoms with Crippen molar-refractivity contribution in [3.63, 3.8) is 0 Å². The van der Waals surface area contributed by atoms with Crippen LogP contribution in [0.2, 0.25) is 0 Å². The summed E-state index contributed by atoms with van der Waals surface area (Å²) in [5.41, 5.74) is 0. The number of allylic oxidation sites excluding steroid dienone is 2. The summed E-state index contributed by atoms with van der Waals surface area (Å²) < 4.78 is 38.9. The van der Waals surface area contributed by atoms with Crippen LogP contribution in [0.5, 0.6) is 0 Å². The molecule has 88 valence electrons. The van der Waals surface area contributed by atoms with Crippen molar-refractivity contribution in [2.75, 3.05) is 0 Å². The lowest BCUT2D eigenvalue weighted by atomic mass is 10.7. The molecule has 7 nitrogen and oxygen atoms in total. The summed E-state index contributed by atoms with van der Waals surface area (Å²) in [6.45, 7) is 3.81. The van der Waals surface area contributed by atoms with Gasteiger partial charge in [-0.15, -0.1) is 0 Å². The summed E-state index contributed by atoms with van der Waals surface area (Å²) in [6, 6.07) is 0. The van der Waals surface area contributed by atoms with Gasteiger partial charge in [-0.05, 0) is 13.8 Å². The van der Waals surface area contributed by atoms with Crippen molar-refractivity contribution in [3.8, 4) is 0 Å². The Hall–Kier alpha value is -0.930. The molecule has 8 N–H and O–H groups in total. The highest BCUT2D eigenvalue weighted by atomic mass is 32.3. The Kier molecular flexibility index (Phi) is 24.1. The SMILES string of the molecule is CC=COC=CC.O=S(=O)([O-])[O-].[NH4+].[NH4+]. The molecule has 0 radical (unpaired) electrons.